The van der Waals surface area contributed by atoms with E-state index in [0.29, 0.717) is 11.3 Å². The number of rotatable bonds is 3. The summed E-state index contributed by atoms with van der Waals surface area (Å²) in [5.74, 6) is 0.277. The van der Waals surface area contributed by atoms with Gasteiger partial charge in [-0.3, -0.25) is 9.40 Å². The molecule has 0 bridgehead atoms. The highest BCUT2D eigenvalue weighted by molar-refractivity contribution is 7.92. The zero-order valence-corrected chi connectivity index (χ0v) is 10.9. The summed E-state index contributed by atoms with van der Waals surface area (Å²) in [7, 11) is -1.95. The topological polar surface area (TPSA) is 90.0 Å². The van der Waals surface area contributed by atoms with Crippen molar-refractivity contribution in [2.24, 2.45) is 7.05 Å². The molecule has 0 radical (unpaired) electrons. The van der Waals surface area contributed by atoms with E-state index in [0.717, 1.165) is 0 Å². The molecule has 0 aliphatic rings. The van der Waals surface area contributed by atoms with Crippen molar-refractivity contribution in [1.82, 2.24) is 9.78 Å². The number of anilines is 2. The Kier molecular flexibility index (Phi) is 3.00. The van der Waals surface area contributed by atoms with Crippen LogP contribution in [0.15, 0.2) is 35.4 Å². The van der Waals surface area contributed by atoms with Gasteiger partial charge in [-0.2, -0.15) is 5.10 Å². The molecular weight excluding hydrogens is 252 g/mol. The van der Waals surface area contributed by atoms with Crippen molar-refractivity contribution in [1.29, 1.82) is 0 Å². The van der Waals surface area contributed by atoms with Crippen molar-refractivity contribution in [3.8, 4) is 0 Å². The van der Waals surface area contributed by atoms with E-state index in [4.69, 9.17) is 5.73 Å². The van der Waals surface area contributed by atoms with Crippen LogP contribution in [0.5, 0.6) is 0 Å². The van der Waals surface area contributed by atoms with Crippen LogP contribution in [-0.4, -0.2) is 18.2 Å². The highest BCUT2D eigenvalue weighted by atomic mass is 32.2. The predicted octanol–water partition coefficient (Wildman–Crippen LogP) is 1.11. The van der Waals surface area contributed by atoms with E-state index in [-0.39, 0.29) is 10.7 Å². The van der Waals surface area contributed by atoms with Gasteiger partial charge in [0, 0.05) is 25.0 Å². The molecule has 7 heteroatoms. The lowest BCUT2D eigenvalue weighted by Gasteiger charge is -2.09. The molecule has 1 aromatic heterocycles. The fraction of sp³-hybridized carbons (Fsp3) is 0.182. The molecule has 0 aliphatic carbocycles. The van der Waals surface area contributed by atoms with Gasteiger partial charge >= 0.3 is 0 Å². The van der Waals surface area contributed by atoms with E-state index < -0.39 is 10.0 Å². The summed E-state index contributed by atoms with van der Waals surface area (Å²) in [4.78, 5) is 0.160. The highest BCUT2D eigenvalue weighted by Crippen LogP contribution is 2.22. The van der Waals surface area contributed by atoms with Crippen LogP contribution >= 0.6 is 0 Å². The lowest BCUT2D eigenvalue weighted by atomic mass is 10.2. The van der Waals surface area contributed by atoms with Crippen molar-refractivity contribution in [3.05, 3.63) is 36.0 Å². The molecule has 0 saturated heterocycles. The van der Waals surface area contributed by atoms with Crippen molar-refractivity contribution in [2.45, 2.75) is 11.8 Å². The van der Waals surface area contributed by atoms with Gasteiger partial charge in [0.25, 0.3) is 10.0 Å². The standard InChI is InChI=1S/C11H14N4O2S/c1-8-9(12)4-3-5-10(8)18(16,17)14-11-6-7-15(2)13-11/h3-7H,12H2,1-2H3,(H,13,14). The zero-order valence-electron chi connectivity index (χ0n) is 10.1. The van der Waals surface area contributed by atoms with Crippen molar-refractivity contribution in [3.63, 3.8) is 0 Å². The molecule has 0 aliphatic heterocycles. The minimum atomic E-state index is -3.66. The van der Waals surface area contributed by atoms with Crippen LogP contribution < -0.4 is 10.5 Å². The molecule has 0 spiro atoms. The SMILES string of the molecule is Cc1c(N)cccc1S(=O)(=O)Nc1ccn(C)n1. The van der Waals surface area contributed by atoms with Crippen molar-refractivity contribution < 1.29 is 8.42 Å². The maximum Gasteiger partial charge on any atom is 0.263 e. The van der Waals surface area contributed by atoms with Crippen LogP contribution in [-0.2, 0) is 17.1 Å². The summed E-state index contributed by atoms with van der Waals surface area (Å²) in [5.41, 5.74) is 6.67. The molecule has 2 aromatic rings. The normalized spacial score (nSPS) is 11.4. The fourth-order valence-electron chi connectivity index (χ4n) is 1.58. The molecule has 3 N–H and O–H groups in total. The first-order chi connectivity index (χ1) is 8.40. The lowest BCUT2D eigenvalue weighted by Crippen LogP contribution is -2.15. The zero-order chi connectivity index (χ0) is 13.3. The number of benzene rings is 1. The van der Waals surface area contributed by atoms with Crippen molar-refractivity contribution >= 4 is 21.5 Å². The van der Waals surface area contributed by atoms with Gasteiger partial charge < -0.3 is 5.73 Å². The molecule has 2 rings (SSSR count). The highest BCUT2D eigenvalue weighted by Gasteiger charge is 2.18. The molecule has 0 amide bonds. The molecule has 18 heavy (non-hydrogen) atoms. The molecule has 96 valence electrons. The first-order valence-corrected chi connectivity index (χ1v) is 6.76. The molecular formula is C11H14N4O2S. The van der Waals surface area contributed by atoms with Crippen LogP contribution in [0.25, 0.3) is 0 Å². The van der Waals surface area contributed by atoms with Gasteiger partial charge in [0.05, 0.1) is 4.90 Å². The Morgan fingerprint density at radius 1 is 1.33 bits per heavy atom. The van der Waals surface area contributed by atoms with Crippen LogP contribution in [0.2, 0.25) is 0 Å². The third-order valence-electron chi connectivity index (χ3n) is 2.57. The van der Waals surface area contributed by atoms with Gasteiger partial charge in [-0.05, 0) is 24.6 Å². The van der Waals surface area contributed by atoms with Gasteiger partial charge in [0.2, 0.25) is 0 Å². The number of aryl methyl sites for hydroxylation is 1. The monoisotopic (exact) mass is 266 g/mol. The quantitative estimate of drug-likeness (QED) is 0.814. The second-order valence-electron chi connectivity index (χ2n) is 3.95. The second kappa shape index (κ2) is 4.34. The number of hydrogen-bond donors (Lipinski definition) is 2. The summed E-state index contributed by atoms with van der Waals surface area (Å²) in [5, 5.41) is 3.97. The molecule has 1 aromatic carbocycles. The number of nitrogens with zero attached hydrogens (tertiary/aromatic N) is 2. The van der Waals surface area contributed by atoms with Gasteiger partial charge in [0.15, 0.2) is 5.82 Å². The molecule has 0 unspecified atom stereocenters. The number of nitrogens with one attached hydrogen (secondary N) is 1. The fourth-order valence-corrected chi connectivity index (χ4v) is 2.86. The summed E-state index contributed by atoms with van der Waals surface area (Å²) in [6, 6.07) is 6.36. The summed E-state index contributed by atoms with van der Waals surface area (Å²) >= 11 is 0. The minimum absolute atomic E-state index is 0.160. The Labute approximate surface area is 105 Å². The van der Waals surface area contributed by atoms with E-state index in [2.05, 4.69) is 9.82 Å². The molecule has 0 atom stereocenters. The van der Waals surface area contributed by atoms with E-state index in [9.17, 15) is 8.42 Å². The van der Waals surface area contributed by atoms with Crippen LogP contribution in [0.1, 0.15) is 5.56 Å². The van der Waals surface area contributed by atoms with E-state index in [1.807, 2.05) is 0 Å². The number of nitrogen functional groups attached to an aromatic ring is 1. The van der Waals surface area contributed by atoms with E-state index in [1.54, 1.807) is 38.4 Å². The average molecular weight is 266 g/mol. The lowest BCUT2D eigenvalue weighted by molar-refractivity contribution is 0.600. The molecule has 1 heterocycles. The average Bonchev–Trinajstić information content (AvgIpc) is 2.67. The van der Waals surface area contributed by atoms with E-state index >= 15 is 0 Å². The second-order valence-corrected chi connectivity index (χ2v) is 5.60. The number of sulfonamides is 1. The van der Waals surface area contributed by atoms with Crippen LogP contribution in [0.4, 0.5) is 11.5 Å². The Bertz CT molecular complexity index is 676. The number of nitrogens with two attached hydrogens (primary N) is 1. The summed E-state index contributed by atoms with van der Waals surface area (Å²) in [6.07, 6.45) is 1.66. The number of hydrogen-bond acceptors (Lipinski definition) is 4. The maximum absolute atomic E-state index is 12.2. The Morgan fingerprint density at radius 3 is 2.67 bits per heavy atom. The predicted molar refractivity (Wildman–Crippen MR) is 69.6 cm³/mol. The van der Waals surface area contributed by atoms with Gasteiger partial charge in [-0.1, -0.05) is 6.07 Å². The first-order valence-electron chi connectivity index (χ1n) is 5.28. The molecule has 0 saturated carbocycles. The summed E-state index contributed by atoms with van der Waals surface area (Å²) < 4.78 is 28.3. The first kappa shape index (κ1) is 12.4. The Balaban J connectivity index is 2.40. The maximum atomic E-state index is 12.2. The van der Waals surface area contributed by atoms with Gasteiger partial charge in [0.1, 0.15) is 0 Å². The Hall–Kier alpha value is -2.02. The van der Waals surface area contributed by atoms with E-state index in [1.165, 1.54) is 10.7 Å². The Morgan fingerprint density at radius 2 is 2.06 bits per heavy atom. The number of aromatic nitrogens is 2. The molecule has 0 fully saturated rings. The third kappa shape index (κ3) is 2.30. The van der Waals surface area contributed by atoms with Crippen LogP contribution in [0.3, 0.4) is 0 Å². The molecule has 6 nitrogen and oxygen atoms in total. The van der Waals surface area contributed by atoms with Crippen LogP contribution in [0, 0.1) is 6.92 Å². The largest absolute Gasteiger partial charge is 0.398 e. The third-order valence-corrected chi connectivity index (χ3v) is 4.07. The smallest absolute Gasteiger partial charge is 0.263 e. The summed E-state index contributed by atoms with van der Waals surface area (Å²) in [6.45, 7) is 1.67. The van der Waals surface area contributed by atoms with Gasteiger partial charge in [-0.25, -0.2) is 8.42 Å². The van der Waals surface area contributed by atoms with Gasteiger partial charge in [-0.15, -0.1) is 0 Å². The van der Waals surface area contributed by atoms with Crippen molar-refractivity contribution in [2.75, 3.05) is 10.5 Å². The minimum Gasteiger partial charge on any atom is -0.398 e.